The zero-order valence-corrected chi connectivity index (χ0v) is 20.2. The quantitative estimate of drug-likeness (QED) is 0.383. The maximum Gasteiger partial charge on any atom is 0.215 e. The number of methoxy groups -OCH3 is 1. The Kier molecular flexibility index (Phi) is 7.02. The van der Waals surface area contributed by atoms with Crippen LogP contribution in [-0.2, 0) is 11.3 Å². The van der Waals surface area contributed by atoms with Gasteiger partial charge in [-0.15, -0.1) is 0 Å². The molecule has 1 aliphatic heterocycles. The molecule has 5 rings (SSSR count). The van der Waals surface area contributed by atoms with Gasteiger partial charge in [-0.1, -0.05) is 60.7 Å². The third-order valence-electron chi connectivity index (χ3n) is 6.46. The van der Waals surface area contributed by atoms with E-state index in [0.29, 0.717) is 17.9 Å². The van der Waals surface area contributed by atoms with Gasteiger partial charge in [0.2, 0.25) is 5.78 Å². The molecule has 4 aromatic rings. The molecule has 1 fully saturated rings. The maximum absolute atomic E-state index is 13.5. The van der Waals surface area contributed by atoms with Crippen LogP contribution in [0.5, 0.6) is 0 Å². The van der Waals surface area contributed by atoms with Crippen LogP contribution in [-0.4, -0.2) is 42.5 Å². The molecule has 0 amide bonds. The van der Waals surface area contributed by atoms with E-state index in [9.17, 15) is 4.79 Å². The van der Waals surface area contributed by atoms with Crippen LogP contribution < -0.4 is 16.0 Å². The highest BCUT2D eigenvalue weighted by Crippen LogP contribution is 2.28. The Morgan fingerprint density at radius 2 is 1.89 bits per heavy atom. The van der Waals surface area contributed by atoms with Gasteiger partial charge in [-0.05, 0) is 34.9 Å². The van der Waals surface area contributed by atoms with Crippen molar-refractivity contribution in [3.63, 3.8) is 0 Å². The predicted molar refractivity (Wildman–Crippen MR) is 142 cm³/mol. The fourth-order valence-electron chi connectivity index (χ4n) is 4.62. The molecule has 182 valence electrons. The van der Waals surface area contributed by atoms with E-state index in [0.717, 1.165) is 42.1 Å². The minimum atomic E-state index is -0.248. The number of hydrogen-bond acceptors (Lipinski definition) is 7. The molecule has 1 saturated heterocycles. The van der Waals surface area contributed by atoms with E-state index in [4.69, 9.17) is 15.5 Å². The van der Waals surface area contributed by atoms with Gasteiger partial charge in [0.1, 0.15) is 17.3 Å². The number of anilines is 2. The van der Waals surface area contributed by atoms with E-state index in [1.165, 1.54) is 5.56 Å². The number of hydrogen-bond donors (Lipinski definition) is 2. The number of nitrogen functional groups attached to an aromatic ring is 1. The van der Waals surface area contributed by atoms with Crippen LogP contribution in [0.3, 0.4) is 0 Å². The van der Waals surface area contributed by atoms with Crippen LogP contribution in [0.25, 0.3) is 11.1 Å². The van der Waals surface area contributed by atoms with E-state index in [2.05, 4.69) is 27.3 Å². The molecule has 0 aliphatic carbocycles. The number of ether oxygens (including phenoxy) is 1. The van der Waals surface area contributed by atoms with Crippen LogP contribution in [0.15, 0.2) is 85.1 Å². The van der Waals surface area contributed by atoms with E-state index >= 15 is 0 Å². The monoisotopic (exact) mass is 479 g/mol. The number of ketones is 1. The van der Waals surface area contributed by atoms with Gasteiger partial charge in [-0.25, -0.2) is 9.97 Å². The highest BCUT2D eigenvalue weighted by molar-refractivity contribution is 6.11. The van der Waals surface area contributed by atoms with E-state index in [1.54, 1.807) is 25.4 Å². The van der Waals surface area contributed by atoms with E-state index in [-0.39, 0.29) is 17.6 Å². The first kappa shape index (κ1) is 23.7. The molecule has 0 saturated carbocycles. The third-order valence-corrected chi connectivity index (χ3v) is 6.46. The maximum atomic E-state index is 13.5. The fraction of sp³-hybridized carbons (Fsp3) is 0.207. The average molecular weight is 480 g/mol. The lowest BCUT2D eigenvalue weighted by molar-refractivity contribution is 0.103. The molecule has 3 N–H and O–H groups in total. The second-order valence-corrected chi connectivity index (χ2v) is 8.82. The zero-order valence-electron chi connectivity index (χ0n) is 20.2. The number of piperazine rings is 1. The summed E-state index contributed by atoms with van der Waals surface area (Å²) < 4.78 is 5.34. The normalized spacial score (nSPS) is 15.6. The van der Waals surface area contributed by atoms with E-state index < -0.39 is 0 Å². The summed E-state index contributed by atoms with van der Waals surface area (Å²) in [5.74, 6) is 0.713. The summed E-state index contributed by atoms with van der Waals surface area (Å²) in [6.45, 7) is 2.87. The Morgan fingerprint density at radius 1 is 1.08 bits per heavy atom. The van der Waals surface area contributed by atoms with Crippen LogP contribution in [0, 0.1) is 0 Å². The summed E-state index contributed by atoms with van der Waals surface area (Å²) in [5.41, 5.74) is 10.9. The molecule has 1 atom stereocenters. The Balaban J connectivity index is 1.42. The zero-order chi connectivity index (χ0) is 24.9. The van der Waals surface area contributed by atoms with Gasteiger partial charge in [0.15, 0.2) is 0 Å². The van der Waals surface area contributed by atoms with Crippen molar-refractivity contribution in [1.29, 1.82) is 0 Å². The molecule has 0 bridgehead atoms. The average Bonchev–Trinajstić information content (AvgIpc) is 2.94. The lowest BCUT2D eigenvalue weighted by Gasteiger charge is -2.35. The van der Waals surface area contributed by atoms with Crippen molar-refractivity contribution in [3.05, 3.63) is 107 Å². The number of pyridine rings is 2. The van der Waals surface area contributed by atoms with Crippen molar-refractivity contribution in [2.24, 2.45) is 0 Å². The van der Waals surface area contributed by atoms with Crippen molar-refractivity contribution in [2.75, 3.05) is 37.4 Å². The summed E-state index contributed by atoms with van der Waals surface area (Å²) in [6.07, 6.45) is 1.69. The summed E-state index contributed by atoms with van der Waals surface area (Å²) in [4.78, 5) is 24.8. The van der Waals surface area contributed by atoms with Crippen LogP contribution in [0.4, 0.5) is 11.6 Å². The van der Waals surface area contributed by atoms with Gasteiger partial charge in [0.05, 0.1) is 12.2 Å². The number of rotatable bonds is 7. The van der Waals surface area contributed by atoms with Gasteiger partial charge < -0.3 is 20.7 Å². The second-order valence-electron chi connectivity index (χ2n) is 8.82. The first-order chi connectivity index (χ1) is 17.6. The molecule has 0 radical (unpaired) electrons. The molecular weight excluding hydrogens is 450 g/mol. The molecule has 0 spiro atoms. The fourth-order valence-corrected chi connectivity index (χ4v) is 4.62. The van der Waals surface area contributed by atoms with Crippen LogP contribution >= 0.6 is 0 Å². The van der Waals surface area contributed by atoms with Crippen LogP contribution in [0.1, 0.15) is 33.2 Å². The lowest BCUT2D eigenvalue weighted by atomic mass is 9.98. The Bertz CT molecular complexity index is 1360. The molecule has 2 aromatic carbocycles. The Labute approximate surface area is 211 Å². The van der Waals surface area contributed by atoms with Crippen molar-refractivity contribution in [3.8, 4) is 11.1 Å². The van der Waals surface area contributed by atoms with Gasteiger partial charge >= 0.3 is 0 Å². The number of nitrogens with two attached hydrogens (primary N) is 1. The van der Waals surface area contributed by atoms with Crippen molar-refractivity contribution in [1.82, 2.24) is 15.3 Å². The van der Waals surface area contributed by atoms with Crippen molar-refractivity contribution in [2.45, 2.75) is 12.6 Å². The number of benzene rings is 2. The molecule has 7 heteroatoms. The molecule has 36 heavy (non-hydrogen) atoms. The third kappa shape index (κ3) is 4.98. The summed E-state index contributed by atoms with van der Waals surface area (Å²) in [7, 11) is 1.66. The molecule has 1 aliphatic rings. The van der Waals surface area contributed by atoms with Crippen molar-refractivity contribution < 1.29 is 9.53 Å². The molecular formula is C29H29N5O2. The summed E-state index contributed by atoms with van der Waals surface area (Å²) in [6, 6.07) is 25.8. The molecule has 2 aromatic heterocycles. The van der Waals surface area contributed by atoms with Gasteiger partial charge in [-0.2, -0.15) is 0 Å². The number of aromatic nitrogens is 2. The summed E-state index contributed by atoms with van der Waals surface area (Å²) >= 11 is 0. The van der Waals surface area contributed by atoms with Crippen molar-refractivity contribution >= 4 is 17.4 Å². The second kappa shape index (κ2) is 10.7. The Hall–Kier alpha value is -4.07. The SMILES string of the molecule is COCc1ccccc1-c1cnc(N)c(C(=O)c2cccc(N3CCNC(c4ccccc4)C3)n2)c1. The number of nitrogens with one attached hydrogen (secondary N) is 1. The predicted octanol–water partition coefficient (Wildman–Crippen LogP) is 4.25. The first-order valence-corrected chi connectivity index (χ1v) is 12.0. The highest BCUT2D eigenvalue weighted by atomic mass is 16.5. The number of carbonyl (C=O) groups excluding carboxylic acids is 1. The van der Waals surface area contributed by atoms with Gasteiger partial charge in [-0.3, -0.25) is 4.79 Å². The highest BCUT2D eigenvalue weighted by Gasteiger charge is 2.23. The lowest BCUT2D eigenvalue weighted by Crippen LogP contribution is -2.46. The number of carbonyl (C=O) groups is 1. The first-order valence-electron chi connectivity index (χ1n) is 12.0. The summed E-state index contributed by atoms with van der Waals surface area (Å²) in [5, 5.41) is 3.57. The van der Waals surface area contributed by atoms with Gasteiger partial charge in [0.25, 0.3) is 0 Å². The van der Waals surface area contributed by atoms with Gasteiger partial charge in [0, 0.05) is 44.5 Å². The van der Waals surface area contributed by atoms with E-state index in [1.807, 2.05) is 54.6 Å². The largest absolute Gasteiger partial charge is 0.383 e. The standard InChI is InChI=1S/C29H29N5O2/c1-36-19-21-10-5-6-11-23(21)22-16-24(29(30)32-17-22)28(35)25-12-7-13-27(33-25)34-15-14-31-26(18-34)20-8-3-2-4-9-20/h2-13,16-17,26,31H,14-15,18-19H2,1H3,(H2,30,32). The minimum absolute atomic E-state index is 0.187. The van der Waals surface area contributed by atoms with Crippen LogP contribution in [0.2, 0.25) is 0 Å². The smallest absolute Gasteiger partial charge is 0.215 e. The molecule has 3 heterocycles. The topological polar surface area (TPSA) is 93.4 Å². The molecule has 1 unspecified atom stereocenters. The minimum Gasteiger partial charge on any atom is -0.383 e. The number of nitrogens with zero attached hydrogens (tertiary/aromatic N) is 3. The Morgan fingerprint density at radius 3 is 2.72 bits per heavy atom. The molecule has 7 nitrogen and oxygen atoms in total.